The summed E-state index contributed by atoms with van der Waals surface area (Å²) < 4.78 is 160. The smallest absolute Gasteiger partial charge is 0.136 e. The van der Waals surface area contributed by atoms with Crippen LogP contribution in [0.15, 0.2) is 162 Å². The van der Waals surface area contributed by atoms with Crippen LogP contribution >= 0.6 is 0 Å². The van der Waals surface area contributed by atoms with Gasteiger partial charge in [-0.1, -0.05) is 127 Å². The quantitative estimate of drug-likeness (QED) is 0.145. The lowest BCUT2D eigenvalue weighted by Crippen LogP contribution is -1.92. The molecule has 1 heteroatoms. The van der Waals surface area contributed by atoms with Crippen molar-refractivity contribution < 1.29 is 27.7 Å². The van der Waals surface area contributed by atoms with E-state index in [0.29, 0.717) is 10.9 Å². The van der Waals surface area contributed by atoms with Crippen molar-refractivity contribution in [1.82, 2.24) is 0 Å². The van der Waals surface area contributed by atoms with Crippen LogP contribution in [0.3, 0.4) is 0 Å². The lowest BCUT2D eigenvalue weighted by Gasteiger charge is -2.19. The fourth-order valence-corrected chi connectivity index (χ4v) is 6.39. The minimum Gasteiger partial charge on any atom is -0.456 e. The van der Waals surface area contributed by atoms with Crippen LogP contribution in [0.1, 0.15) is 23.3 Å². The SMILES string of the molecule is [2H]c1c(-c2c3c([2H])c([2H])c([2H])c([2H])c3c(-c3cc4ccccc4c4ccccc34)c3c([2H])c([2H])c([2H])c([2H])c23)c([2H])c2c(oc3c([2H])c4c([2H])c([2H])c([2H])c([2H])c4c([2H])c32)c1[2H]. The zero-order valence-electron chi connectivity index (χ0n) is 40.1. The first-order chi connectivity index (χ1) is 29.4. The summed E-state index contributed by atoms with van der Waals surface area (Å²) in [6.07, 6.45) is 0. The zero-order chi connectivity index (χ0) is 44.3. The first-order valence-electron chi connectivity index (χ1n) is 22.6. The highest BCUT2D eigenvalue weighted by atomic mass is 16.3. The summed E-state index contributed by atoms with van der Waals surface area (Å²) in [6, 6.07) is 5.54. The number of rotatable bonds is 2. The molecule has 10 aromatic rings. The highest BCUT2D eigenvalue weighted by Gasteiger charge is 2.20. The summed E-state index contributed by atoms with van der Waals surface area (Å²) >= 11 is 0. The summed E-state index contributed by atoms with van der Waals surface area (Å²) in [7, 11) is 0. The van der Waals surface area contributed by atoms with Gasteiger partial charge < -0.3 is 4.42 Å². The summed E-state index contributed by atoms with van der Waals surface area (Å²) in [5, 5.41) is 0.663. The molecule has 208 valence electrons. The van der Waals surface area contributed by atoms with Gasteiger partial charge in [-0.25, -0.2) is 0 Å². The highest BCUT2D eigenvalue weighted by Crippen LogP contribution is 2.47. The molecule has 0 radical (unpaired) electrons. The Hall–Kier alpha value is -5.92. The Balaban J connectivity index is 1.51. The fourth-order valence-electron chi connectivity index (χ4n) is 6.39. The van der Waals surface area contributed by atoms with Gasteiger partial charge in [-0.2, -0.15) is 0 Å². The average molecular weight is 588 g/mol. The molecular formula is C44H26O. The van der Waals surface area contributed by atoms with Gasteiger partial charge in [-0.3, -0.25) is 0 Å². The van der Waals surface area contributed by atoms with Crippen molar-refractivity contribution in [3.63, 3.8) is 0 Å². The van der Waals surface area contributed by atoms with E-state index in [-0.39, 0.29) is 54.2 Å². The van der Waals surface area contributed by atoms with Gasteiger partial charge in [0, 0.05) is 10.8 Å². The molecule has 0 amide bonds. The number of furan rings is 1. The Morgan fingerprint density at radius 2 is 0.978 bits per heavy atom. The molecule has 0 fully saturated rings. The maximum atomic E-state index is 9.82. The molecule has 0 aliphatic heterocycles. The van der Waals surface area contributed by atoms with Crippen molar-refractivity contribution >= 4 is 75.8 Å². The second kappa shape index (κ2) is 9.29. The van der Waals surface area contributed by atoms with E-state index in [2.05, 4.69) is 0 Å². The molecule has 45 heavy (non-hydrogen) atoms. The lowest BCUT2D eigenvalue weighted by atomic mass is 9.83. The third-order valence-corrected chi connectivity index (χ3v) is 8.30. The summed E-state index contributed by atoms with van der Waals surface area (Å²) in [6.45, 7) is 0. The van der Waals surface area contributed by atoms with Gasteiger partial charge >= 0.3 is 0 Å². The van der Waals surface area contributed by atoms with E-state index in [1.165, 1.54) is 0 Å². The fraction of sp³-hybridized carbons (Fsp3) is 0. The molecule has 0 saturated carbocycles. The van der Waals surface area contributed by atoms with Crippen molar-refractivity contribution in [2.75, 3.05) is 0 Å². The second-order valence-corrected chi connectivity index (χ2v) is 10.7. The minimum absolute atomic E-state index is 0.0478. The van der Waals surface area contributed by atoms with E-state index in [0.717, 1.165) is 16.2 Å². The monoisotopic (exact) mass is 587 g/mol. The molecule has 0 unspecified atom stereocenters. The highest BCUT2D eigenvalue weighted by molar-refractivity contribution is 6.26. The molecular weight excluding hydrogens is 544 g/mol. The summed E-state index contributed by atoms with van der Waals surface area (Å²) in [4.78, 5) is 0. The predicted molar refractivity (Wildman–Crippen MR) is 192 cm³/mol. The van der Waals surface area contributed by atoms with E-state index in [4.69, 9.17) is 16.8 Å². The van der Waals surface area contributed by atoms with E-state index in [9.17, 15) is 11.0 Å². The first-order valence-corrected chi connectivity index (χ1v) is 14.1. The topological polar surface area (TPSA) is 13.1 Å². The average Bonchev–Trinajstić information content (AvgIpc) is 3.69. The minimum atomic E-state index is -0.736. The van der Waals surface area contributed by atoms with Crippen molar-refractivity contribution in [2.45, 2.75) is 0 Å². The normalized spacial score (nSPS) is 17.3. The van der Waals surface area contributed by atoms with Gasteiger partial charge in [0.05, 0.1) is 23.3 Å². The van der Waals surface area contributed by atoms with Crippen LogP contribution in [-0.2, 0) is 0 Å². The first kappa shape index (κ1) is 13.4. The molecule has 0 aliphatic carbocycles. The second-order valence-electron chi connectivity index (χ2n) is 10.7. The van der Waals surface area contributed by atoms with Gasteiger partial charge in [0.1, 0.15) is 11.2 Å². The predicted octanol–water partition coefficient (Wildman–Crippen LogP) is 12.7. The van der Waals surface area contributed by atoms with Crippen LogP contribution in [-0.4, -0.2) is 0 Å². The van der Waals surface area contributed by atoms with Crippen LogP contribution in [0, 0.1) is 0 Å². The van der Waals surface area contributed by atoms with Crippen molar-refractivity contribution in [1.29, 1.82) is 0 Å². The van der Waals surface area contributed by atoms with E-state index in [1.807, 2.05) is 36.4 Å². The maximum absolute atomic E-state index is 9.82. The van der Waals surface area contributed by atoms with E-state index < -0.39 is 119 Å². The molecule has 0 aliphatic rings. The zero-order valence-corrected chi connectivity index (χ0v) is 23.1. The van der Waals surface area contributed by atoms with Crippen LogP contribution < -0.4 is 0 Å². The molecule has 1 heterocycles. The van der Waals surface area contributed by atoms with Gasteiger partial charge in [-0.05, 0) is 106 Å². The number of hydrogen-bond acceptors (Lipinski definition) is 1. The molecule has 0 N–H and O–H groups in total. The van der Waals surface area contributed by atoms with E-state index >= 15 is 0 Å². The Morgan fingerprint density at radius 1 is 0.400 bits per heavy atom. The Bertz CT molecular complexity index is 3700. The van der Waals surface area contributed by atoms with Gasteiger partial charge in [0.25, 0.3) is 0 Å². The molecule has 1 nitrogen and oxygen atoms in total. The van der Waals surface area contributed by atoms with Gasteiger partial charge in [0.15, 0.2) is 0 Å². The molecule has 0 bridgehead atoms. The Labute approximate surface area is 283 Å². The van der Waals surface area contributed by atoms with Crippen LogP contribution in [0.5, 0.6) is 0 Å². The molecule has 0 atom stereocenters. The lowest BCUT2D eigenvalue weighted by molar-refractivity contribution is 0.669. The number of fused-ring (bicyclic) bond motifs is 9. The van der Waals surface area contributed by atoms with Crippen molar-refractivity contribution in [2.24, 2.45) is 0 Å². The van der Waals surface area contributed by atoms with Crippen molar-refractivity contribution in [3.05, 3.63) is 157 Å². The van der Waals surface area contributed by atoms with Gasteiger partial charge in [0.2, 0.25) is 0 Å². The van der Waals surface area contributed by atoms with Gasteiger partial charge in [-0.15, -0.1) is 0 Å². The molecule has 9 aromatic carbocycles. The third-order valence-electron chi connectivity index (χ3n) is 8.30. The number of hydrogen-bond donors (Lipinski definition) is 0. The Morgan fingerprint density at radius 3 is 1.71 bits per heavy atom. The van der Waals surface area contributed by atoms with Crippen LogP contribution in [0.4, 0.5) is 0 Å². The summed E-state index contributed by atoms with van der Waals surface area (Å²) in [5.41, 5.74) is -1.29. The maximum Gasteiger partial charge on any atom is 0.136 e. The van der Waals surface area contributed by atoms with Crippen LogP contribution in [0.2, 0.25) is 0 Å². The molecule has 10 rings (SSSR count). The largest absolute Gasteiger partial charge is 0.456 e. The summed E-state index contributed by atoms with van der Waals surface area (Å²) in [5.74, 6) is 0. The number of benzene rings is 9. The molecule has 0 saturated heterocycles. The Kier molecular flexibility index (Phi) is 2.76. The van der Waals surface area contributed by atoms with E-state index in [1.54, 1.807) is 18.2 Å². The van der Waals surface area contributed by atoms with Crippen LogP contribution in [0.25, 0.3) is 98.1 Å². The van der Waals surface area contributed by atoms with Crippen molar-refractivity contribution in [3.8, 4) is 22.3 Å². The standard InChI is InChI=1S/C44H26O/c1-2-12-28-26-42-39(23-27(28)11-1)38-25-30(21-22-41(38)45-42)43-34-17-7-9-19-36(34)44(37-20-10-8-18-35(37)43)40-24-29-13-3-4-14-31(29)32-15-5-6-16-33(32)40/h1-26H/i1D,2D,7D,8D,9D,10D,11D,12D,17D,18D,19D,20D,21D,22D,23D,25D,26D. The molecule has 1 aromatic heterocycles. The third kappa shape index (κ3) is 3.56. The molecule has 0 spiro atoms.